The molecule has 188 valence electrons. The first-order valence-corrected chi connectivity index (χ1v) is 12.2. The number of halogens is 1. The highest BCUT2D eigenvalue weighted by atomic mass is 19.1. The molecule has 1 aromatic heterocycles. The van der Waals surface area contributed by atoms with Crippen LogP contribution in [0.1, 0.15) is 24.0 Å². The van der Waals surface area contributed by atoms with Crippen molar-refractivity contribution in [2.24, 2.45) is 4.99 Å². The lowest BCUT2D eigenvalue weighted by Crippen LogP contribution is -2.19. The second-order valence-corrected chi connectivity index (χ2v) is 9.39. The monoisotopic (exact) mass is 499 g/mol. The molecule has 0 spiro atoms. The fourth-order valence-electron chi connectivity index (χ4n) is 4.77. The zero-order valence-electron chi connectivity index (χ0n) is 20.2. The summed E-state index contributed by atoms with van der Waals surface area (Å²) in [7, 11) is 0. The Balaban J connectivity index is 1.17. The number of hydrogen-bond donors (Lipinski definition) is 3. The lowest BCUT2D eigenvalue weighted by Gasteiger charge is -2.14. The number of nitrogens with zero attached hydrogens (tertiary/aromatic N) is 3. The topological polar surface area (TPSA) is 101 Å². The molecule has 6 rings (SSSR count). The zero-order chi connectivity index (χ0) is 25.4. The molecule has 3 atom stereocenters. The first-order valence-electron chi connectivity index (χ1n) is 12.2. The van der Waals surface area contributed by atoms with Gasteiger partial charge in [-0.15, -0.1) is 0 Å². The maximum Gasteiger partial charge on any atom is 0.289 e. The van der Waals surface area contributed by atoms with E-state index < -0.39 is 0 Å². The van der Waals surface area contributed by atoms with E-state index in [1.54, 1.807) is 6.07 Å². The Morgan fingerprint density at radius 1 is 1.03 bits per heavy atom. The van der Waals surface area contributed by atoms with Crippen molar-refractivity contribution in [3.05, 3.63) is 83.9 Å². The third-order valence-electron chi connectivity index (χ3n) is 6.60. The fraction of sp³-hybridized carbons (Fsp3) is 0.250. The summed E-state index contributed by atoms with van der Waals surface area (Å²) in [4.78, 5) is 13.4. The predicted octanol–water partition coefficient (Wildman–Crippen LogP) is 5.09. The highest BCUT2D eigenvalue weighted by Crippen LogP contribution is 2.32. The van der Waals surface area contributed by atoms with Gasteiger partial charge in [0.1, 0.15) is 36.4 Å². The number of aliphatic hydroxyl groups is 1. The molecule has 2 aliphatic rings. The summed E-state index contributed by atoms with van der Waals surface area (Å²) in [5.74, 6) is 1.11. The Bertz CT molecular complexity index is 1490. The van der Waals surface area contributed by atoms with E-state index in [0.29, 0.717) is 24.7 Å². The zero-order valence-corrected chi connectivity index (χ0v) is 20.2. The first kappa shape index (κ1) is 23.2. The Morgan fingerprint density at radius 2 is 1.89 bits per heavy atom. The minimum absolute atomic E-state index is 0.00238. The molecule has 3 aromatic carbocycles. The van der Waals surface area contributed by atoms with E-state index in [-0.39, 0.29) is 30.7 Å². The molecule has 37 heavy (non-hydrogen) atoms. The van der Waals surface area contributed by atoms with Gasteiger partial charge in [0.2, 0.25) is 0 Å². The molecule has 1 aliphatic heterocycles. The Morgan fingerprint density at radius 3 is 2.73 bits per heavy atom. The molecular formula is C28H26FN5O3. The van der Waals surface area contributed by atoms with E-state index >= 15 is 0 Å². The van der Waals surface area contributed by atoms with Crippen LogP contribution >= 0.6 is 0 Å². The second-order valence-electron chi connectivity index (χ2n) is 9.39. The van der Waals surface area contributed by atoms with Crippen LogP contribution < -0.4 is 15.4 Å². The number of fused-ring (bicyclic) bond motifs is 2. The Labute approximate surface area is 213 Å². The average molecular weight is 500 g/mol. The number of aryl methyl sites for hydroxylation is 1. The normalized spacial score (nSPS) is 20.3. The molecule has 2 heterocycles. The average Bonchev–Trinajstić information content (AvgIpc) is 3.40. The molecule has 8 nitrogen and oxygen atoms in total. The van der Waals surface area contributed by atoms with Crippen molar-refractivity contribution in [2.45, 2.75) is 44.6 Å². The minimum atomic E-state index is -0.343. The molecule has 1 fully saturated rings. The van der Waals surface area contributed by atoms with Crippen LogP contribution in [0.15, 0.2) is 72.0 Å². The van der Waals surface area contributed by atoms with Crippen LogP contribution in [0, 0.1) is 12.7 Å². The van der Waals surface area contributed by atoms with Gasteiger partial charge >= 0.3 is 0 Å². The molecule has 0 saturated heterocycles. The van der Waals surface area contributed by atoms with Crippen LogP contribution in [-0.4, -0.2) is 39.3 Å². The van der Waals surface area contributed by atoms with Crippen LogP contribution in [-0.2, 0) is 11.3 Å². The van der Waals surface area contributed by atoms with Gasteiger partial charge in [-0.3, -0.25) is 0 Å². The van der Waals surface area contributed by atoms with Crippen LogP contribution in [0.2, 0.25) is 0 Å². The van der Waals surface area contributed by atoms with E-state index in [0.717, 1.165) is 39.2 Å². The molecule has 0 bridgehead atoms. The van der Waals surface area contributed by atoms with E-state index in [9.17, 15) is 9.50 Å². The lowest BCUT2D eigenvalue weighted by atomic mass is 10.1. The van der Waals surface area contributed by atoms with Crippen LogP contribution in [0.5, 0.6) is 5.75 Å². The molecular weight excluding hydrogens is 473 g/mol. The third kappa shape index (κ3) is 5.03. The summed E-state index contributed by atoms with van der Waals surface area (Å²) < 4.78 is 25.2. The summed E-state index contributed by atoms with van der Waals surface area (Å²) >= 11 is 0. The van der Waals surface area contributed by atoms with Crippen molar-refractivity contribution in [3.63, 3.8) is 0 Å². The molecule has 1 saturated carbocycles. The van der Waals surface area contributed by atoms with Gasteiger partial charge in [0.25, 0.3) is 6.02 Å². The Kier molecular flexibility index (Phi) is 6.05. The molecule has 0 unspecified atom stereocenters. The standard InChI is InChI=1S/C28H26FN5O3/c1-16-9-19(6-8-25(16)36-14-17-3-2-4-18(29)10-17)32-27-22-11-20(5-7-23(22)30-15-31-27)33-28-34-24-12-21(35)13-26(24)37-28/h2-11,15,21,24,26,35H,12-14H2,1H3,(H,33,34)(H,30,31,32)/t21-,24-,26+/m1/s1. The number of aliphatic imine (C=N–C) groups is 1. The Hall–Kier alpha value is -4.24. The fourth-order valence-corrected chi connectivity index (χ4v) is 4.77. The first-order chi connectivity index (χ1) is 18.0. The molecule has 9 heteroatoms. The van der Waals surface area contributed by atoms with Gasteiger partial charge in [0.05, 0.1) is 17.7 Å². The van der Waals surface area contributed by atoms with Crippen molar-refractivity contribution in [1.29, 1.82) is 0 Å². The van der Waals surface area contributed by atoms with Crippen LogP contribution in [0.4, 0.5) is 21.6 Å². The van der Waals surface area contributed by atoms with Crippen molar-refractivity contribution in [3.8, 4) is 5.75 Å². The molecule has 0 amide bonds. The number of ether oxygens (including phenoxy) is 2. The number of hydrogen-bond acceptors (Lipinski definition) is 8. The van der Waals surface area contributed by atoms with Crippen molar-refractivity contribution >= 4 is 34.1 Å². The van der Waals surface area contributed by atoms with Gasteiger partial charge in [-0.05, 0) is 73.0 Å². The van der Waals surface area contributed by atoms with Gasteiger partial charge in [0.15, 0.2) is 0 Å². The van der Waals surface area contributed by atoms with Crippen molar-refractivity contribution in [1.82, 2.24) is 9.97 Å². The number of benzene rings is 3. The summed E-state index contributed by atoms with van der Waals surface area (Å²) in [6, 6.07) is 18.4. The van der Waals surface area contributed by atoms with Gasteiger partial charge in [-0.25, -0.2) is 19.4 Å². The maximum atomic E-state index is 13.4. The van der Waals surface area contributed by atoms with Crippen LogP contribution in [0.25, 0.3) is 10.9 Å². The lowest BCUT2D eigenvalue weighted by molar-refractivity contribution is 0.148. The number of anilines is 3. The van der Waals surface area contributed by atoms with Gasteiger partial charge < -0.3 is 25.2 Å². The minimum Gasteiger partial charge on any atom is -0.489 e. The third-order valence-corrected chi connectivity index (χ3v) is 6.60. The second kappa shape index (κ2) is 9.67. The van der Waals surface area contributed by atoms with E-state index in [2.05, 4.69) is 25.6 Å². The number of nitrogens with one attached hydrogen (secondary N) is 2. The highest BCUT2D eigenvalue weighted by Gasteiger charge is 2.40. The number of aromatic nitrogens is 2. The number of rotatable bonds is 6. The predicted molar refractivity (Wildman–Crippen MR) is 140 cm³/mol. The SMILES string of the molecule is Cc1cc(Nc2ncnc3ccc(NC4=N[C@@H]5C[C@@H](O)C[C@@H]5O4)cc23)ccc1OCc1cccc(F)c1. The van der Waals surface area contributed by atoms with Crippen molar-refractivity contribution in [2.75, 3.05) is 10.6 Å². The molecule has 4 aromatic rings. The summed E-state index contributed by atoms with van der Waals surface area (Å²) in [6.45, 7) is 2.25. The molecule has 0 radical (unpaired) electrons. The van der Waals surface area contributed by atoms with Crippen molar-refractivity contribution < 1.29 is 19.0 Å². The smallest absolute Gasteiger partial charge is 0.289 e. The summed E-state index contributed by atoms with van der Waals surface area (Å²) in [5.41, 5.74) is 4.16. The highest BCUT2D eigenvalue weighted by molar-refractivity contribution is 5.97. The molecule has 3 N–H and O–H groups in total. The molecule has 1 aliphatic carbocycles. The van der Waals surface area contributed by atoms with E-state index in [4.69, 9.17) is 9.47 Å². The van der Waals surface area contributed by atoms with E-state index in [1.165, 1.54) is 18.5 Å². The van der Waals surface area contributed by atoms with Gasteiger partial charge in [0, 0.05) is 23.2 Å². The van der Waals surface area contributed by atoms with Gasteiger partial charge in [-0.2, -0.15) is 0 Å². The van der Waals surface area contributed by atoms with Gasteiger partial charge in [-0.1, -0.05) is 12.1 Å². The van der Waals surface area contributed by atoms with E-state index in [1.807, 2.05) is 49.4 Å². The summed E-state index contributed by atoms with van der Waals surface area (Å²) in [6.07, 6.45) is 2.35. The number of amidine groups is 1. The largest absolute Gasteiger partial charge is 0.489 e. The van der Waals surface area contributed by atoms with Crippen LogP contribution in [0.3, 0.4) is 0 Å². The summed E-state index contributed by atoms with van der Waals surface area (Å²) in [5, 5.41) is 17.2. The number of aliphatic hydroxyl groups excluding tert-OH is 1. The maximum absolute atomic E-state index is 13.4. The quantitative estimate of drug-likeness (QED) is 0.340.